The maximum absolute atomic E-state index is 11.0. The van der Waals surface area contributed by atoms with Crippen LogP contribution in [-0.2, 0) is 10.1 Å². The molecule has 0 spiro atoms. The summed E-state index contributed by atoms with van der Waals surface area (Å²) >= 11 is 0. The van der Waals surface area contributed by atoms with Gasteiger partial charge in [0.05, 0.1) is 10.5 Å². The molecule has 0 unspecified atom stereocenters. The molecule has 7 nitrogen and oxygen atoms in total. The first-order valence-corrected chi connectivity index (χ1v) is 5.99. The third-order valence-electron chi connectivity index (χ3n) is 2.08. The smallest absolute Gasteiger partial charge is 0.294 e. The Labute approximate surface area is 97.0 Å². The number of hydrogen-bond acceptors (Lipinski definition) is 6. The number of hydrogen-bond donors (Lipinski definition) is 2. The molecule has 90 valence electrons. The Balaban J connectivity index is 2.62. The monoisotopic (exact) mass is 255 g/mol. The zero-order valence-electron chi connectivity index (χ0n) is 8.78. The molecule has 0 fully saturated rings. The first kappa shape index (κ1) is 11.6. The van der Waals surface area contributed by atoms with Crippen molar-refractivity contribution >= 4 is 15.8 Å². The van der Waals surface area contributed by atoms with Crippen molar-refractivity contribution < 1.29 is 17.5 Å². The highest BCUT2D eigenvalue weighted by molar-refractivity contribution is 7.85. The molecule has 1 aromatic carbocycles. The number of anilines is 1. The number of nitrogens with zero attached hydrogens (tertiary/aromatic N) is 2. The van der Waals surface area contributed by atoms with Gasteiger partial charge in [0.1, 0.15) is 0 Å². The van der Waals surface area contributed by atoms with Crippen molar-refractivity contribution in [2.45, 2.75) is 11.8 Å². The lowest BCUT2D eigenvalue weighted by Gasteiger charge is -2.02. The number of nitrogens with two attached hydrogens (primary N) is 1. The first-order chi connectivity index (χ1) is 7.88. The van der Waals surface area contributed by atoms with E-state index >= 15 is 0 Å². The quantitative estimate of drug-likeness (QED) is 0.603. The maximum atomic E-state index is 11.0. The molecule has 1 heterocycles. The predicted molar refractivity (Wildman–Crippen MR) is 58.7 cm³/mol. The van der Waals surface area contributed by atoms with Crippen LogP contribution in [0.1, 0.15) is 5.82 Å². The van der Waals surface area contributed by atoms with Crippen LogP contribution in [-0.4, -0.2) is 23.1 Å². The normalized spacial score (nSPS) is 11.6. The lowest BCUT2D eigenvalue weighted by molar-refractivity contribution is 0.425. The van der Waals surface area contributed by atoms with Crippen LogP contribution in [0.2, 0.25) is 0 Å². The molecule has 3 N–H and O–H groups in total. The van der Waals surface area contributed by atoms with Crippen molar-refractivity contribution in [2.75, 3.05) is 5.73 Å². The van der Waals surface area contributed by atoms with Gasteiger partial charge in [-0.05, 0) is 25.1 Å². The molecule has 0 aliphatic rings. The van der Waals surface area contributed by atoms with Gasteiger partial charge >= 0.3 is 0 Å². The number of aryl methyl sites for hydroxylation is 1. The van der Waals surface area contributed by atoms with E-state index in [4.69, 9.17) is 14.8 Å². The molecule has 0 saturated heterocycles. The summed E-state index contributed by atoms with van der Waals surface area (Å²) in [6, 6.07) is 3.72. The van der Waals surface area contributed by atoms with Gasteiger partial charge in [0.25, 0.3) is 16.0 Å². The van der Waals surface area contributed by atoms with Gasteiger partial charge in [0, 0.05) is 5.69 Å². The Morgan fingerprint density at radius 2 is 2.12 bits per heavy atom. The first-order valence-electron chi connectivity index (χ1n) is 4.55. The van der Waals surface area contributed by atoms with Crippen molar-refractivity contribution in [1.82, 2.24) is 10.1 Å². The average molecular weight is 255 g/mol. The van der Waals surface area contributed by atoms with Crippen LogP contribution < -0.4 is 5.73 Å². The molecular weight excluding hydrogens is 246 g/mol. The van der Waals surface area contributed by atoms with E-state index in [2.05, 4.69) is 10.1 Å². The number of nitrogen functional groups attached to an aromatic ring is 1. The highest BCUT2D eigenvalue weighted by Crippen LogP contribution is 2.27. The Bertz CT molecular complexity index is 663. The Morgan fingerprint density at radius 1 is 1.41 bits per heavy atom. The van der Waals surface area contributed by atoms with Crippen LogP contribution in [0.25, 0.3) is 11.5 Å². The molecule has 0 aliphatic heterocycles. The van der Waals surface area contributed by atoms with Gasteiger partial charge in [-0.1, -0.05) is 5.16 Å². The van der Waals surface area contributed by atoms with Crippen molar-refractivity contribution in [3.8, 4) is 11.5 Å². The molecule has 1 aromatic heterocycles. The van der Waals surface area contributed by atoms with E-state index < -0.39 is 10.1 Å². The van der Waals surface area contributed by atoms with Crippen molar-refractivity contribution in [3.63, 3.8) is 0 Å². The van der Waals surface area contributed by atoms with Crippen LogP contribution in [0.15, 0.2) is 27.6 Å². The number of benzene rings is 1. The third-order valence-corrected chi connectivity index (χ3v) is 2.93. The maximum Gasteiger partial charge on any atom is 0.294 e. The summed E-state index contributed by atoms with van der Waals surface area (Å²) in [5.74, 6) is 0.502. The Morgan fingerprint density at radius 3 is 2.65 bits per heavy atom. The van der Waals surface area contributed by atoms with Crippen LogP contribution in [0.5, 0.6) is 0 Å². The van der Waals surface area contributed by atoms with Crippen LogP contribution in [0, 0.1) is 6.92 Å². The molecule has 8 heteroatoms. The predicted octanol–water partition coefficient (Wildman–Crippen LogP) is 0.874. The van der Waals surface area contributed by atoms with E-state index in [0.717, 1.165) is 0 Å². The summed E-state index contributed by atoms with van der Waals surface area (Å²) in [5.41, 5.74) is 6.21. The summed E-state index contributed by atoms with van der Waals surface area (Å²) in [5, 5.41) is 3.57. The Hall–Kier alpha value is -1.93. The molecule has 2 rings (SSSR count). The standard InChI is InChI=1S/C9H9N3O4S/c1-5-11-9(16-12-5)7-4-6(17(13,14)15)2-3-8(7)10/h2-4H,10H2,1H3,(H,13,14,15). The van der Waals surface area contributed by atoms with Crippen LogP contribution in [0.4, 0.5) is 5.69 Å². The topological polar surface area (TPSA) is 119 Å². The van der Waals surface area contributed by atoms with Gasteiger partial charge in [0.15, 0.2) is 5.82 Å². The van der Waals surface area contributed by atoms with Gasteiger partial charge in [-0.25, -0.2) is 0 Å². The van der Waals surface area contributed by atoms with Gasteiger partial charge in [0.2, 0.25) is 0 Å². The van der Waals surface area contributed by atoms with Gasteiger partial charge in [-0.2, -0.15) is 13.4 Å². The zero-order valence-corrected chi connectivity index (χ0v) is 9.60. The summed E-state index contributed by atoms with van der Waals surface area (Å²) in [6.45, 7) is 1.62. The van der Waals surface area contributed by atoms with E-state index in [1.54, 1.807) is 6.92 Å². The van der Waals surface area contributed by atoms with Crippen molar-refractivity contribution in [2.24, 2.45) is 0 Å². The Kier molecular flexibility index (Phi) is 2.60. The fourth-order valence-electron chi connectivity index (χ4n) is 1.29. The van der Waals surface area contributed by atoms with E-state index in [1.807, 2.05) is 0 Å². The summed E-state index contributed by atoms with van der Waals surface area (Å²) in [7, 11) is -4.29. The van der Waals surface area contributed by atoms with Crippen molar-refractivity contribution in [3.05, 3.63) is 24.0 Å². The lowest BCUT2D eigenvalue weighted by atomic mass is 10.2. The van der Waals surface area contributed by atoms with Crippen LogP contribution in [0.3, 0.4) is 0 Å². The molecule has 0 atom stereocenters. The van der Waals surface area contributed by atoms with E-state index in [0.29, 0.717) is 5.82 Å². The van der Waals surface area contributed by atoms with Crippen LogP contribution >= 0.6 is 0 Å². The molecular formula is C9H9N3O4S. The van der Waals surface area contributed by atoms with Gasteiger partial charge in [-0.3, -0.25) is 4.55 Å². The fraction of sp³-hybridized carbons (Fsp3) is 0.111. The minimum atomic E-state index is -4.29. The molecule has 0 amide bonds. The molecule has 0 aliphatic carbocycles. The second-order valence-electron chi connectivity index (χ2n) is 3.37. The highest BCUT2D eigenvalue weighted by Gasteiger charge is 2.16. The average Bonchev–Trinajstić information content (AvgIpc) is 2.63. The minimum Gasteiger partial charge on any atom is -0.398 e. The molecule has 2 aromatic rings. The largest absolute Gasteiger partial charge is 0.398 e. The lowest BCUT2D eigenvalue weighted by Crippen LogP contribution is -2.00. The van der Waals surface area contributed by atoms with E-state index in [9.17, 15) is 8.42 Å². The highest BCUT2D eigenvalue weighted by atomic mass is 32.2. The zero-order chi connectivity index (χ0) is 12.6. The second-order valence-corrected chi connectivity index (χ2v) is 4.79. The summed E-state index contributed by atoms with van der Waals surface area (Å²) < 4.78 is 35.8. The second kappa shape index (κ2) is 3.82. The molecule has 0 saturated carbocycles. The van der Waals surface area contributed by atoms with E-state index in [-0.39, 0.29) is 22.0 Å². The van der Waals surface area contributed by atoms with Gasteiger partial charge < -0.3 is 10.3 Å². The fourth-order valence-corrected chi connectivity index (χ4v) is 1.79. The summed E-state index contributed by atoms with van der Waals surface area (Å²) in [6.07, 6.45) is 0. The third kappa shape index (κ3) is 2.27. The summed E-state index contributed by atoms with van der Waals surface area (Å²) in [4.78, 5) is 3.65. The molecule has 17 heavy (non-hydrogen) atoms. The SMILES string of the molecule is Cc1noc(-c2cc(S(=O)(=O)O)ccc2N)n1. The number of aromatic nitrogens is 2. The van der Waals surface area contributed by atoms with Gasteiger partial charge in [-0.15, -0.1) is 0 Å². The number of rotatable bonds is 2. The minimum absolute atomic E-state index is 0.102. The van der Waals surface area contributed by atoms with E-state index in [1.165, 1.54) is 18.2 Å². The molecule has 0 bridgehead atoms. The van der Waals surface area contributed by atoms with Crippen molar-refractivity contribution in [1.29, 1.82) is 0 Å². The molecule has 0 radical (unpaired) electrons.